The number of benzene rings is 1. The number of likely N-dealkylation sites (tertiary alicyclic amines) is 1. The molecule has 3 heterocycles. The zero-order valence-corrected chi connectivity index (χ0v) is 20.9. The van der Waals surface area contributed by atoms with Gasteiger partial charge in [0.05, 0.1) is 30.6 Å². The first-order valence-corrected chi connectivity index (χ1v) is 12.8. The summed E-state index contributed by atoms with van der Waals surface area (Å²) in [5.74, 6) is -0.590. The van der Waals surface area contributed by atoms with Crippen LogP contribution in [-0.2, 0) is 4.84 Å². The highest BCUT2D eigenvalue weighted by atomic mass is 19.1. The fourth-order valence-corrected chi connectivity index (χ4v) is 5.00. The number of aliphatic hydroxyl groups is 1. The number of anilines is 2. The number of aliphatic hydroxyl groups excluding tert-OH is 1. The van der Waals surface area contributed by atoms with Gasteiger partial charge in [0.15, 0.2) is 0 Å². The van der Waals surface area contributed by atoms with E-state index < -0.39 is 23.8 Å². The van der Waals surface area contributed by atoms with E-state index in [1.807, 2.05) is 19.3 Å². The standard InChI is InChI=1S/C26H32F2N6O3/c1-16-12-29-25(30-13-16)33-8-6-20(7-9-33)37-32-18-4-2-17(3-5-18)21-10-23(28)24(11-22(21)27)31-26(36)34-14-19(35)15-34/h10-13,17,19-20,35H,2-9,14-15H2,1H3,(H,31,36). The number of hydrogen-bond donors (Lipinski definition) is 2. The van der Waals surface area contributed by atoms with E-state index in [0.29, 0.717) is 31.2 Å². The molecule has 198 valence electrons. The van der Waals surface area contributed by atoms with E-state index in [4.69, 9.17) is 4.84 Å². The predicted molar refractivity (Wildman–Crippen MR) is 135 cm³/mol. The first-order chi connectivity index (χ1) is 17.9. The van der Waals surface area contributed by atoms with E-state index in [2.05, 4.69) is 25.3 Å². The summed E-state index contributed by atoms with van der Waals surface area (Å²) in [6.07, 6.45) is 7.42. The minimum absolute atomic E-state index is 0.0424. The van der Waals surface area contributed by atoms with Crippen LogP contribution in [0.4, 0.5) is 25.2 Å². The van der Waals surface area contributed by atoms with Gasteiger partial charge in [0, 0.05) is 44.4 Å². The zero-order chi connectivity index (χ0) is 25.9. The normalized spacial score (nSPS) is 21.0. The van der Waals surface area contributed by atoms with Gasteiger partial charge in [-0.15, -0.1) is 0 Å². The molecule has 2 amide bonds. The summed E-state index contributed by atoms with van der Waals surface area (Å²) in [7, 11) is 0. The predicted octanol–water partition coefficient (Wildman–Crippen LogP) is 3.97. The zero-order valence-electron chi connectivity index (χ0n) is 20.9. The minimum atomic E-state index is -0.670. The summed E-state index contributed by atoms with van der Waals surface area (Å²) >= 11 is 0. The van der Waals surface area contributed by atoms with Crippen molar-refractivity contribution in [2.45, 2.75) is 63.6 Å². The number of aromatic nitrogens is 2. The molecule has 0 atom stereocenters. The molecule has 2 aromatic rings. The third kappa shape index (κ3) is 5.98. The Morgan fingerprint density at radius 1 is 1.08 bits per heavy atom. The maximum atomic E-state index is 14.8. The van der Waals surface area contributed by atoms with E-state index in [1.165, 1.54) is 11.0 Å². The Labute approximate surface area is 214 Å². The van der Waals surface area contributed by atoms with Gasteiger partial charge in [-0.3, -0.25) is 0 Å². The van der Waals surface area contributed by atoms with Gasteiger partial charge in [-0.05, 0) is 55.7 Å². The summed E-state index contributed by atoms with van der Waals surface area (Å²) in [5.41, 5.74) is 2.10. The molecule has 2 saturated heterocycles. The number of urea groups is 1. The van der Waals surface area contributed by atoms with Gasteiger partial charge < -0.3 is 25.1 Å². The number of halogens is 2. The highest BCUT2D eigenvalue weighted by molar-refractivity contribution is 5.90. The fraction of sp³-hybridized carbons (Fsp3) is 0.538. The maximum absolute atomic E-state index is 14.8. The van der Waals surface area contributed by atoms with Crippen molar-refractivity contribution in [3.63, 3.8) is 0 Å². The molecule has 2 aliphatic heterocycles. The Kier molecular flexibility index (Phi) is 7.50. The SMILES string of the molecule is Cc1cnc(N2CCC(ON=C3CCC(c4cc(F)c(NC(=O)N5CC(O)C5)cc4F)CC3)CC2)nc1. The van der Waals surface area contributed by atoms with Crippen LogP contribution in [0, 0.1) is 18.6 Å². The quantitative estimate of drug-likeness (QED) is 0.586. The average Bonchev–Trinajstić information content (AvgIpc) is 2.88. The van der Waals surface area contributed by atoms with Crippen molar-refractivity contribution in [3.05, 3.63) is 47.3 Å². The molecule has 2 N–H and O–H groups in total. The summed E-state index contributed by atoms with van der Waals surface area (Å²) in [6.45, 7) is 3.95. The average molecular weight is 515 g/mol. The second kappa shape index (κ2) is 11.0. The number of carbonyl (C=O) groups excluding carboxylic acids is 1. The molecule has 0 spiro atoms. The second-order valence-corrected chi connectivity index (χ2v) is 10.1. The maximum Gasteiger partial charge on any atom is 0.322 e. The van der Waals surface area contributed by atoms with Crippen LogP contribution >= 0.6 is 0 Å². The Morgan fingerprint density at radius 3 is 2.41 bits per heavy atom. The molecule has 1 aliphatic carbocycles. The lowest BCUT2D eigenvalue weighted by Gasteiger charge is -2.35. The van der Waals surface area contributed by atoms with Gasteiger partial charge in [0.25, 0.3) is 0 Å². The number of carbonyl (C=O) groups is 1. The number of nitrogens with zero attached hydrogens (tertiary/aromatic N) is 5. The van der Waals surface area contributed by atoms with Crippen LogP contribution in [0.15, 0.2) is 29.7 Å². The van der Waals surface area contributed by atoms with Crippen LogP contribution in [0.1, 0.15) is 55.6 Å². The number of aryl methyl sites for hydroxylation is 1. The molecule has 1 aromatic heterocycles. The summed E-state index contributed by atoms with van der Waals surface area (Å²) in [5, 5.41) is 16.1. The molecule has 9 nitrogen and oxygen atoms in total. The third-order valence-electron chi connectivity index (χ3n) is 7.30. The van der Waals surface area contributed by atoms with E-state index in [0.717, 1.165) is 49.2 Å². The van der Waals surface area contributed by atoms with E-state index in [1.54, 1.807) is 0 Å². The Hall–Kier alpha value is -3.34. The number of β-amino-alcohol motifs (C(OH)–C–C–N with tert-alkyl or cyclic N) is 1. The molecule has 3 aliphatic rings. The van der Waals surface area contributed by atoms with Gasteiger partial charge in [-0.2, -0.15) is 0 Å². The topological polar surface area (TPSA) is 103 Å². The van der Waals surface area contributed by atoms with Gasteiger partial charge in [0.2, 0.25) is 5.95 Å². The molecule has 0 radical (unpaired) electrons. The van der Waals surface area contributed by atoms with Crippen molar-refractivity contribution >= 4 is 23.4 Å². The van der Waals surface area contributed by atoms with Crippen molar-refractivity contribution in [1.29, 1.82) is 0 Å². The van der Waals surface area contributed by atoms with E-state index in [9.17, 15) is 18.7 Å². The van der Waals surface area contributed by atoms with Crippen molar-refractivity contribution in [2.24, 2.45) is 5.16 Å². The number of hydrogen-bond acceptors (Lipinski definition) is 7. The molecule has 3 fully saturated rings. The second-order valence-electron chi connectivity index (χ2n) is 10.1. The Bertz CT molecular complexity index is 1140. The lowest BCUT2D eigenvalue weighted by atomic mass is 9.83. The molecule has 0 unspecified atom stereocenters. The number of amides is 2. The molecular weight excluding hydrogens is 482 g/mol. The molecule has 0 bridgehead atoms. The molecule has 5 rings (SSSR count). The lowest BCUT2D eigenvalue weighted by molar-refractivity contribution is 0.0308. The van der Waals surface area contributed by atoms with Gasteiger partial charge in [-0.1, -0.05) is 5.16 Å². The van der Waals surface area contributed by atoms with Crippen LogP contribution < -0.4 is 10.2 Å². The highest BCUT2D eigenvalue weighted by Gasteiger charge is 2.30. The fourth-order valence-electron chi connectivity index (χ4n) is 5.00. The van der Waals surface area contributed by atoms with Crippen LogP contribution in [-0.4, -0.2) is 70.1 Å². The van der Waals surface area contributed by atoms with Crippen molar-refractivity contribution in [2.75, 3.05) is 36.4 Å². The van der Waals surface area contributed by atoms with Crippen LogP contribution in [0.3, 0.4) is 0 Å². The van der Waals surface area contributed by atoms with Gasteiger partial charge in [-0.25, -0.2) is 23.5 Å². The van der Waals surface area contributed by atoms with Crippen LogP contribution in [0.5, 0.6) is 0 Å². The molecular formula is C26H32F2N6O3. The Morgan fingerprint density at radius 2 is 1.76 bits per heavy atom. The summed E-state index contributed by atoms with van der Waals surface area (Å²) in [6, 6.07) is 1.67. The lowest BCUT2D eigenvalue weighted by Crippen LogP contribution is -2.54. The largest absolute Gasteiger partial charge is 0.392 e. The molecule has 1 aromatic carbocycles. The Balaban J connectivity index is 1.09. The van der Waals surface area contributed by atoms with Crippen molar-refractivity contribution in [1.82, 2.24) is 14.9 Å². The van der Waals surface area contributed by atoms with Gasteiger partial charge >= 0.3 is 6.03 Å². The number of nitrogens with one attached hydrogen (secondary N) is 1. The number of rotatable bonds is 5. The van der Waals surface area contributed by atoms with Crippen molar-refractivity contribution in [3.8, 4) is 0 Å². The highest BCUT2D eigenvalue weighted by Crippen LogP contribution is 2.35. The molecule has 11 heteroatoms. The smallest absolute Gasteiger partial charge is 0.322 e. The summed E-state index contributed by atoms with van der Waals surface area (Å²) in [4.78, 5) is 30.2. The monoisotopic (exact) mass is 514 g/mol. The minimum Gasteiger partial charge on any atom is -0.392 e. The van der Waals surface area contributed by atoms with Crippen LogP contribution in [0.2, 0.25) is 0 Å². The van der Waals surface area contributed by atoms with E-state index >= 15 is 0 Å². The van der Waals surface area contributed by atoms with Gasteiger partial charge in [0.1, 0.15) is 17.7 Å². The first-order valence-electron chi connectivity index (χ1n) is 12.8. The van der Waals surface area contributed by atoms with Crippen LogP contribution in [0.25, 0.3) is 0 Å². The number of piperidine rings is 1. The molecule has 37 heavy (non-hydrogen) atoms. The summed E-state index contributed by atoms with van der Waals surface area (Å²) < 4.78 is 29.5. The molecule has 1 saturated carbocycles. The van der Waals surface area contributed by atoms with Crippen molar-refractivity contribution < 1.29 is 23.5 Å². The van der Waals surface area contributed by atoms with E-state index in [-0.39, 0.29) is 30.8 Å². The first kappa shape index (κ1) is 25.3. The number of oxime groups is 1. The third-order valence-corrected chi connectivity index (χ3v) is 7.30.